The second-order valence-corrected chi connectivity index (χ2v) is 10.3. The number of anilines is 1. The Balaban J connectivity index is 1.90. The van der Waals surface area contributed by atoms with Gasteiger partial charge in [-0.3, -0.25) is 10.1 Å². The average molecular weight is 490 g/mol. The predicted octanol–water partition coefficient (Wildman–Crippen LogP) is 4.25. The highest BCUT2D eigenvalue weighted by Crippen LogP contribution is 2.26. The Bertz CT molecular complexity index is 1380. The fourth-order valence-corrected chi connectivity index (χ4v) is 4.79. The molecule has 1 amide bonds. The van der Waals surface area contributed by atoms with Crippen LogP contribution in [-0.4, -0.2) is 34.0 Å². The van der Waals surface area contributed by atoms with Crippen molar-refractivity contribution in [2.24, 2.45) is 0 Å². The number of halogens is 1. The summed E-state index contributed by atoms with van der Waals surface area (Å²) in [7, 11) is -3.58. The molecule has 0 radical (unpaired) electrons. The molecule has 2 heterocycles. The van der Waals surface area contributed by atoms with Gasteiger partial charge in [-0.25, -0.2) is 8.42 Å². The lowest BCUT2D eigenvalue weighted by Gasteiger charge is -2.11. The number of nitrogens with zero attached hydrogens (tertiary/aromatic N) is 4. The SMILES string of the molecule is CCS(=O)(=O)c1nsc(NC(=O)C(C#N)=Cc2cc(C)n(-c3ccc(C)c(Cl)c3)c2C)n1. The molecule has 32 heavy (non-hydrogen) atoms. The van der Waals surface area contributed by atoms with Gasteiger partial charge in [-0.2, -0.15) is 14.6 Å². The standard InChI is InChI=1S/C21H20ClN5O3S2/c1-5-32(29,30)21-25-20(31-26-21)24-19(28)16(11-23)9-15-8-13(3)27(14(15)4)17-7-6-12(2)18(22)10-17/h6-10H,5H2,1-4H3,(H,24,25,26,28). The summed E-state index contributed by atoms with van der Waals surface area (Å²) in [6.45, 7) is 7.20. The molecule has 0 fully saturated rings. The number of benzene rings is 1. The molecule has 0 saturated heterocycles. The molecule has 0 aliphatic rings. The Kier molecular flexibility index (Phi) is 6.83. The van der Waals surface area contributed by atoms with Gasteiger partial charge in [-0.15, -0.1) is 0 Å². The summed E-state index contributed by atoms with van der Waals surface area (Å²) < 4.78 is 29.5. The van der Waals surface area contributed by atoms with Gasteiger partial charge in [0.25, 0.3) is 11.1 Å². The zero-order valence-electron chi connectivity index (χ0n) is 17.8. The van der Waals surface area contributed by atoms with Crippen LogP contribution in [0.4, 0.5) is 5.13 Å². The van der Waals surface area contributed by atoms with Crippen LogP contribution in [0.2, 0.25) is 5.02 Å². The van der Waals surface area contributed by atoms with Crippen molar-refractivity contribution in [2.75, 3.05) is 11.1 Å². The lowest BCUT2D eigenvalue weighted by molar-refractivity contribution is -0.112. The number of nitrogens with one attached hydrogen (secondary N) is 1. The van der Waals surface area contributed by atoms with Crippen LogP contribution in [0.15, 0.2) is 35.0 Å². The summed E-state index contributed by atoms with van der Waals surface area (Å²) in [5.41, 5.74) is 4.12. The van der Waals surface area contributed by atoms with E-state index in [1.807, 2.05) is 55.7 Å². The zero-order valence-corrected chi connectivity index (χ0v) is 20.2. The van der Waals surface area contributed by atoms with Gasteiger partial charge in [0, 0.05) is 33.6 Å². The van der Waals surface area contributed by atoms with Crippen molar-refractivity contribution < 1.29 is 13.2 Å². The van der Waals surface area contributed by atoms with Crippen LogP contribution in [-0.2, 0) is 14.6 Å². The van der Waals surface area contributed by atoms with Crippen LogP contribution >= 0.6 is 23.1 Å². The third kappa shape index (κ3) is 4.75. The minimum atomic E-state index is -3.58. The maximum absolute atomic E-state index is 12.6. The van der Waals surface area contributed by atoms with E-state index in [0.717, 1.165) is 34.2 Å². The number of amides is 1. The molecule has 11 heteroatoms. The summed E-state index contributed by atoms with van der Waals surface area (Å²) in [4.78, 5) is 16.4. The van der Waals surface area contributed by atoms with Gasteiger partial charge in [-0.05, 0) is 56.2 Å². The molecule has 166 valence electrons. The summed E-state index contributed by atoms with van der Waals surface area (Å²) in [6.07, 6.45) is 1.48. The molecule has 0 atom stereocenters. The van der Waals surface area contributed by atoms with Gasteiger partial charge >= 0.3 is 0 Å². The van der Waals surface area contributed by atoms with E-state index in [2.05, 4.69) is 14.7 Å². The molecule has 0 saturated carbocycles. The molecule has 0 aliphatic carbocycles. The third-order valence-corrected chi connectivity index (χ3v) is 7.49. The van der Waals surface area contributed by atoms with Crippen molar-refractivity contribution in [3.05, 3.63) is 57.4 Å². The third-order valence-electron chi connectivity index (χ3n) is 4.83. The van der Waals surface area contributed by atoms with Crippen LogP contribution in [0.25, 0.3) is 11.8 Å². The van der Waals surface area contributed by atoms with Crippen molar-refractivity contribution in [3.8, 4) is 11.8 Å². The zero-order chi connectivity index (χ0) is 23.6. The number of sulfone groups is 1. The first kappa shape index (κ1) is 23.7. The van der Waals surface area contributed by atoms with E-state index in [9.17, 15) is 18.5 Å². The molecule has 3 aromatic rings. The summed E-state index contributed by atoms with van der Waals surface area (Å²) in [5, 5.41) is 12.3. The van der Waals surface area contributed by atoms with E-state index in [1.165, 1.54) is 13.0 Å². The van der Waals surface area contributed by atoms with E-state index in [0.29, 0.717) is 10.6 Å². The Morgan fingerprint density at radius 1 is 1.31 bits per heavy atom. The second kappa shape index (κ2) is 9.24. The number of rotatable bonds is 6. The molecule has 8 nitrogen and oxygen atoms in total. The number of hydrogen-bond acceptors (Lipinski definition) is 7. The Hall–Kier alpha value is -3.00. The molecule has 3 rings (SSSR count). The number of nitriles is 1. The highest BCUT2D eigenvalue weighted by atomic mass is 35.5. The molecule has 1 N–H and O–H groups in total. The molecule has 0 spiro atoms. The highest BCUT2D eigenvalue weighted by molar-refractivity contribution is 7.91. The van der Waals surface area contributed by atoms with Crippen molar-refractivity contribution in [2.45, 2.75) is 32.9 Å². The Morgan fingerprint density at radius 3 is 2.66 bits per heavy atom. The second-order valence-electron chi connectivity index (χ2n) is 7.00. The number of aromatic nitrogens is 3. The average Bonchev–Trinajstić information content (AvgIpc) is 3.33. The summed E-state index contributed by atoms with van der Waals surface area (Å²) >= 11 is 7.01. The minimum Gasteiger partial charge on any atom is -0.318 e. The number of hydrogen-bond donors (Lipinski definition) is 1. The lowest BCUT2D eigenvalue weighted by atomic mass is 10.1. The normalized spacial score (nSPS) is 11.9. The Labute approximate surface area is 195 Å². The largest absolute Gasteiger partial charge is 0.318 e. The lowest BCUT2D eigenvalue weighted by Crippen LogP contribution is -2.14. The van der Waals surface area contributed by atoms with Gasteiger partial charge in [-0.1, -0.05) is 24.6 Å². The van der Waals surface area contributed by atoms with Crippen LogP contribution in [0.1, 0.15) is 29.4 Å². The molecular weight excluding hydrogens is 470 g/mol. The maximum atomic E-state index is 12.6. The topological polar surface area (TPSA) is 118 Å². The number of carbonyl (C=O) groups is 1. The van der Waals surface area contributed by atoms with Crippen molar-refractivity contribution >= 4 is 50.1 Å². The molecule has 2 aromatic heterocycles. The number of carbonyl (C=O) groups excluding carboxylic acids is 1. The fourth-order valence-electron chi connectivity index (χ4n) is 3.04. The van der Waals surface area contributed by atoms with E-state index in [4.69, 9.17) is 11.6 Å². The molecular formula is C21H20ClN5O3S2. The first-order valence-electron chi connectivity index (χ1n) is 9.52. The van der Waals surface area contributed by atoms with Crippen molar-refractivity contribution in [3.63, 3.8) is 0 Å². The molecule has 1 aromatic carbocycles. The van der Waals surface area contributed by atoms with Gasteiger partial charge in [0.2, 0.25) is 15.0 Å². The van der Waals surface area contributed by atoms with E-state index < -0.39 is 15.7 Å². The van der Waals surface area contributed by atoms with Crippen LogP contribution < -0.4 is 5.32 Å². The maximum Gasteiger partial charge on any atom is 0.268 e. The summed E-state index contributed by atoms with van der Waals surface area (Å²) in [5.74, 6) is -0.852. The predicted molar refractivity (Wildman–Crippen MR) is 125 cm³/mol. The fraction of sp³-hybridized carbons (Fsp3) is 0.238. The van der Waals surface area contributed by atoms with Crippen molar-refractivity contribution in [1.29, 1.82) is 5.26 Å². The first-order chi connectivity index (χ1) is 15.1. The molecule has 0 bridgehead atoms. The minimum absolute atomic E-state index is 0.00273. The monoisotopic (exact) mass is 489 g/mol. The van der Waals surface area contributed by atoms with E-state index >= 15 is 0 Å². The van der Waals surface area contributed by atoms with Gasteiger partial charge in [0.05, 0.1) is 5.75 Å². The van der Waals surface area contributed by atoms with Gasteiger partial charge in [0.1, 0.15) is 11.6 Å². The van der Waals surface area contributed by atoms with Crippen LogP contribution in [0.5, 0.6) is 0 Å². The van der Waals surface area contributed by atoms with E-state index in [1.54, 1.807) is 0 Å². The van der Waals surface area contributed by atoms with Crippen molar-refractivity contribution in [1.82, 2.24) is 13.9 Å². The summed E-state index contributed by atoms with van der Waals surface area (Å²) in [6, 6.07) is 9.49. The van der Waals surface area contributed by atoms with Crippen LogP contribution in [0, 0.1) is 32.1 Å². The van der Waals surface area contributed by atoms with Crippen LogP contribution in [0.3, 0.4) is 0 Å². The first-order valence-corrected chi connectivity index (χ1v) is 12.3. The highest BCUT2D eigenvalue weighted by Gasteiger charge is 2.20. The number of aryl methyl sites for hydroxylation is 2. The Morgan fingerprint density at radius 2 is 2.03 bits per heavy atom. The molecule has 0 aliphatic heterocycles. The smallest absolute Gasteiger partial charge is 0.268 e. The molecule has 0 unspecified atom stereocenters. The van der Waals surface area contributed by atoms with Gasteiger partial charge < -0.3 is 4.57 Å². The van der Waals surface area contributed by atoms with Gasteiger partial charge in [0.15, 0.2) is 0 Å². The van der Waals surface area contributed by atoms with E-state index in [-0.39, 0.29) is 21.6 Å². The quantitative estimate of drug-likeness (QED) is 0.408.